The normalized spacial score (nSPS) is 25.7. The van der Waals surface area contributed by atoms with E-state index < -0.39 is 40.5 Å². The zero-order valence-electron chi connectivity index (χ0n) is 21.9. The summed E-state index contributed by atoms with van der Waals surface area (Å²) in [6, 6.07) is 0. The molecule has 38 heavy (non-hydrogen) atoms. The number of aliphatic hydroxyl groups is 1. The number of nitrogens with zero attached hydrogens (tertiary/aromatic N) is 3. The Morgan fingerprint density at radius 2 is 1.95 bits per heavy atom. The van der Waals surface area contributed by atoms with Gasteiger partial charge in [0.2, 0.25) is 0 Å². The average Bonchev–Trinajstić information content (AvgIpc) is 3.28. The van der Waals surface area contributed by atoms with Gasteiger partial charge in [0.15, 0.2) is 16.1 Å². The molecule has 3 heterocycles. The van der Waals surface area contributed by atoms with Crippen LogP contribution >= 0.6 is 0 Å². The van der Waals surface area contributed by atoms with Crippen LogP contribution in [0.5, 0.6) is 0 Å². The van der Waals surface area contributed by atoms with Crippen molar-refractivity contribution < 1.29 is 81.8 Å². The van der Waals surface area contributed by atoms with Gasteiger partial charge >= 0.3 is 29.6 Å². The first-order valence-corrected chi connectivity index (χ1v) is 13.6. The van der Waals surface area contributed by atoms with E-state index >= 15 is 0 Å². The summed E-state index contributed by atoms with van der Waals surface area (Å²) in [5.41, 5.74) is 0.756. The van der Waals surface area contributed by atoms with E-state index in [4.69, 9.17) is 28.4 Å². The largest absolute Gasteiger partial charge is 1.00 e. The van der Waals surface area contributed by atoms with Gasteiger partial charge in [0.25, 0.3) is 0 Å². The fourth-order valence-electron chi connectivity index (χ4n) is 3.71. The van der Waals surface area contributed by atoms with E-state index in [1.807, 2.05) is 6.20 Å². The number of hydrogen-bond donors (Lipinski definition) is 2. The molecule has 0 saturated carbocycles. The standard InChI is InChI=1S/C21H35N4O10S.Na.H2O/c1-30-19-17(11-26)35-21(31-2)20(18(19)27)33-7-9-36(28,29)8-5-22-4-3-6-25-10-15(23-24-25)12-34-16-13-32-14-16;;/h10,16-22,27H,3-9,12-14H2,1-2H3;;1H2/q-1;+1;/p-1. The molecule has 17 heteroatoms. The summed E-state index contributed by atoms with van der Waals surface area (Å²) in [5, 5.41) is 21.7. The third-order valence-electron chi connectivity index (χ3n) is 5.84. The van der Waals surface area contributed by atoms with Crippen molar-refractivity contribution in [2.75, 3.05) is 58.6 Å². The molecule has 2 fully saturated rings. The Morgan fingerprint density at radius 3 is 2.58 bits per heavy atom. The van der Waals surface area contributed by atoms with Crippen molar-refractivity contribution in [1.29, 1.82) is 0 Å². The van der Waals surface area contributed by atoms with Crippen molar-refractivity contribution in [2.45, 2.75) is 56.4 Å². The van der Waals surface area contributed by atoms with Gasteiger partial charge in [-0.1, -0.05) is 5.21 Å². The zero-order valence-corrected chi connectivity index (χ0v) is 24.7. The smallest absolute Gasteiger partial charge is 0.870 e. The van der Waals surface area contributed by atoms with Crippen molar-refractivity contribution in [3.8, 4) is 0 Å². The molecule has 0 bridgehead atoms. The van der Waals surface area contributed by atoms with E-state index in [2.05, 4.69) is 15.6 Å². The van der Waals surface area contributed by atoms with Crippen LogP contribution in [0.2, 0.25) is 0 Å². The predicted molar refractivity (Wildman–Crippen MR) is 125 cm³/mol. The third-order valence-corrected chi connectivity index (χ3v) is 7.45. The van der Waals surface area contributed by atoms with Crippen LogP contribution in [0.4, 0.5) is 0 Å². The zero-order chi connectivity index (χ0) is 26.0. The number of ether oxygens (including phenoxy) is 6. The van der Waals surface area contributed by atoms with E-state index in [-0.39, 0.29) is 59.3 Å². The molecule has 0 aliphatic carbocycles. The van der Waals surface area contributed by atoms with E-state index in [0.717, 1.165) is 12.1 Å². The van der Waals surface area contributed by atoms with Gasteiger partial charge in [0.1, 0.15) is 24.0 Å². The van der Waals surface area contributed by atoms with Crippen molar-refractivity contribution in [3.63, 3.8) is 0 Å². The number of methoxy groups -OCH3 is 2. The first-order valence-electron chi connectivity index (χ1n) is 11.7. The van der Waals surface area contributed by atoms with Crippen LogP contribution in [0.15, 0.2) is 6.20 Å². The monoisotopic (exact) mass is 575 g/mol. The molecule has 0 amide bonds. The minimum atomic E-state index is -3.40. The first kappa shape index (κ1) is 35.4. The summed E-state index contributed by atoms with van der Waals surface area (Å²) < 4.78 is 58.3. The van der Waals surface area contributed by atoms with Crippen LogP contribution < -0.4 is 34.9 Å². The Balaban J connectivity index is 0.00000361. The maximum Gasteiger partial charge on any atom is 1.00 e. The molecule has 2 aliphatic heterocycles. The van der Waals surface area contributed by atoms with Crippen LogP contribution in [-0.4, -0.2) is 136 Å². The second-order valence-electron chi connectivity index (χ2n) is 8.50. The summed E-state index contributed by atoms with van der Waals surface area (Å²) >= 11 is 0. The maximum absolute atomic E-state index is 12.4. The molecule has 3 rings (SSSR count). The quantitative estimate of drug-likeness (QED) is 0.101. The number of hydrogen-bond acceptors (Lipinski definition) is 14. The molecule has 0 radical (unpaired) electrons. The molecular formula is C21H36N4NaO11S-. The number of rotatable bonds is 17. The van der Waals surface area contributed by atoms with E-state index in [0.29, 0.717) is 39.5 Å². The minimum absolute atomic E-state index is 0. The number of carbonyl (C=O) groups excluding carboxylic acids is 1. The van der Waals surface area contributed by atoms with Crippen molar-refractivity contribution in [2.24, 2.45) is 0 Å². The first-order chi connectivity index (χ1) is 17.4. The van der Waals surface area contributed by atoms with Gasteiger partial charge in [-0.3, -0.25) is 4.68 Å². The van der Waals surface area contributed by atoms with Crippen LogP contribution in [-0.2, 0) is 56.2 Å². The van der Waals surface area contributed by atoms with Gasteiger partial charge in [0.05, 0.1) is 50.2 Å². The summed E-state index contributed by atoms with van der Waals surface area (Å²) in [7, 11) is -0.759. The topological polar surface area (TPSA) is 200 Å². The fourth-order valence-corrected chi connectivity index (χ4v) is 4.72. The van der Waals surface area contributed by atoms with Gasteiger partial charge in [0, 0.05) is 27.3 Å². The number of aliphatic hydroxyl groups excluding tert-OH is 1. The molecule has 5 atom stereocenters. The van der Waals surface area contributed by atoms with Crippen LogP contribution in [0.1, 0.15) is 12.1 Å². The van der Waals surface area contributed by atoms with E-state index in [9.17, 15) is 18.3 Å². The van der Waals surface area contributed by atoms with Crippen LogP contribution in [0.3, 0.4) is 0 Å². The molecule has 5 unspecified atom stereocenters. The summed E-state index contributed by atoms with van der Waals surface area (Å²) in [6.07, 6.45) is -1.11. The van der Waals surface area contributed by atoms with Gasteiger partial charge in [-0.2, -0.15) is 0 Å². The SMILES string of the molecule is COC1OC([C-]=O)C(OC)C(O)C1OCCS(=O)(=O)CCNCCCn1cc(COC2COC2)nn1.[Na+].[OH-]. The Morgan fingerprint density at radius 1 is 1.18 bits per heavy atom. The van der Waals surface area contributed by atoms with Gasteiger partial charge in [-0.15, -0.1) is 5.10 Å². The molecule has 15 nitrogen and oxygen atoms in total. The van der Waals surface area contributed by atoms with Crippen LogP contribution in [0, 0.1) is 0 Å². The molecule has 1 aromatic heterocycles. The van der Waals surface area contributed by atoms with E-state index in [1.165, 1.54) is 14.2 Å². The van der Waals surface area contributed by atoms with Crippen molar-refractivity contribution >= 4 is 16.1 Å². The number of aromatic nitrogens is 3. The van der Waals surface area contributed by atoms with Crippen LogP contribution in [0.25, 0.3) is 0 Å². The number of nitrogens with one attached hydrogen (secondary N) is 1. The average molecular weight is 576 g/mol. The van der Waals surface area contributed by atoms with Crippen molar-refractivity contribution in [3.05, 3.63) is 11.9 Å². The Labute approximate surface area is 244 Å². The molecule has 3 N–H and O–H groups in total. The van der Waals surface area contributed by atoms with Gasteiger partial charge < -0.3 is 49.1 Å². The minimum Gasteiger partial charge on any atom is -0.870 e. The molecular weight excluding hydrogens is 539 g/mol. The Hall–Kier alpha value is -0.600. The molecule has 214 valence electrons. The molecule has 0 aromatic carbocycles. The fraction of sp³-hybridized carbons (Fsp3) is 0.857. The van der Waals surface area contributed by atoms with Gasteiger partial charge in [-0.05, 0) is 19.1 Å². The molecule has 2 saturated heterocycles. The molecule has 2 aliphatic rings. The van der Waals surface area contributed by atoms with Gasteiger partial charge in [-0.25, -0.2) is 14.7 Å². The van der Waals surface area contributed by atoms with E-state index in [1.54, 1.807) is 11.0 Å². The number of aryl methyl sites for hydroxylation is 1. The Kier molecular flexibility index (Phi) is 16.7. The maximum atomic E-state index is 12.4. The second kappa shape index (κ2) is 18.0. The third kappa shape index (κ3) is 10.8. The summed E-state index contributed by atoms with van der Waals surface area (Å²) in [6.45, 7) is 3.01. The molecule has 1 aromatic rings. The summed E-state index contributed by atoms with van der Waals surface area (Å²) in [5.74, 6) is -0.307. The summed E-state index contributed by atoms with van der Waals surface area (Å²) in [4.78, 5) is 11.0. The predicted octanol–water partition coefficient (Wildman–Crippen LogP) is -5.34. The van der Waals surface area contributed by atoms with Crippen molar-refractivity contribution in [1.82, 2.24) is 20.3 Å². The Bertz CT molecular complexity index is 905. The second-order valence-corrected chi connectivity index (χ2v) is 10.8. The number of sulfone groups is 1. The molecule has 0 spiro atoms.